The van der Waals surface area contributed by atoms with E-state index in [0.717, 1.165) is 28.8 Å². The first kappa shape index (κ1) is 34.9. The van der Waals surface area contributed by atoms with E-state index in [4.69, 9.17) is 4.74 Å². The molecule has 0 aromatic heterocycles. The zero-order valence-electron chi connectivity index (χ0n) is 27.1. The summed E-state index contributed by atoms with van der Waals surface area (Å²) in [5.41, 5.74) is -0.0744. The Hall–Kier alpha value is -3.54. The number of unbranched alkanes of at least 4 members (excludes halogenated alkanes) is 1. The maximum absolute atomic E-state index is 14.1. The minimum Gasteiger partial charge on any atom is -0.370 e. The van der Waals surface area contributed by atoms with Crippen LogP contribution in [0, 0.1) is 5.92 Å². The van der Waals surface area contributed by atoms with E-state index < -0.39 is 37.6 Å². The summed E-state index contributed by atoms with van der Waals surface area (Å²) in [6.07, 6.45) is 1.13. The van der Waals surface area contributed by atoms with Crippen molar-refractivity contribution in [1.29, 1.82) is 0 Å². The predicted molar refractivity (Wildman–Crippen MR) is 181 cm³/mol. The summed E-state index contributed by atoms with van der Waals surface area (Å²) in [6.45, 7) is 13.9. The summed E-state index contributed by atoms with van der Waals surface area (Å²) in [4.78, 5) is 41.0. The van der Waals surface area contributed by atoms with Crippen LogP contribution in [0.5, 0.6) is 0 Å². The van der Waals surface area contributed by atoms with Gasteiger partial charge in [0.1, 0.15) is 12.1 Å². The third-order valence-electron chi connectivity index (χ3n) is 7.07. The minimum absolute atomic E-state index is 0.156. The van der Waals surface area contributed by atoms with E-state index in [2.05, 4.69) is 47.1 Å². The van der Waals surface area contributed by atoms with Crippen LogP contribution in [0.25, 0.3) is 0 Å². The van der Waals surface area contributed by atoms with Gasteiger partial charge in [0.2, 0.25) is 11.8 Å². The van der Waals surface area contributed by atoms with Crippen molar-refractivity contribution in [2.24, 2.45) is 5.92 Å². The standard InChI is InChI=1S/C36H48N3O4P/c1-8-9-24-37-34(41)31(25(2)3)38-35(42)32(26(4)43-36(5,6)7)39-33(40)29-22-16-17-23-30(29)44(27-18-12-10-13-19-27)28-20-14-11-15-21-28/h10-23,25-26,31-32H,8-9,24H2,1-7H3,(H,37,41)(H,38,42)(H,39,40)/t26-,31?,32+/m1/s1. The van der Waals surface area contributed by atoms with Crippen molar-refractivity contribution < 1.29 is 19.1 Å². The van der Waals surface area contributed by atoms with Gasteiger partial charge in [-0.25, -0.2) is 0 Å². The average molecular weight is 618 g/mol. The lowest BCUT2D eigenvalue weighted by molar-refractivity contribution is -0.135. The average Bonchev–Trinajstić information content (AvgIpc) is 2.99. The molecule has 0 heterocycles. The molecule has 0 bridgehead atoms. The summed E-state index contributed by atoms with van der Waals surface area (Å²) in [6, 6.07) is 26.1. The minimum atomic E-state index is -1.06. The van der Waals surface area contributed by atoms with Crippen LogP contribution in [0.15, 0.2) is 84.9 Å². The highest BCUT2D eigenvalue weighted by atomic mass is 31.1. The zero-order valence-corrected chi connectivity index (χ0v) is 28.0. The Labute approximate surface area is 264 Å². The third-order valence-corrected chi connectivity index (χ3v) is 9.57. The van der Waals surface area contributed by atoms with E-state index in [-0.39, 0.29) is 17.7 Å². The lowest BCUT2D eigenvalue weighted by atomic mass is 10.0. The summed E-state index contributed by atoms with van der Waals surface area (Å²) in [5.74, 6) is -1.24. The van der Waals surface area contributed by atoms with E-state index >= 15 is 0 Å². The molecule has 0 radical (unpaired) electrons. The van der Waals surface area contributed by atoms with E-state index in [9.17, 15) is 14.4 Å². The number of amides is 3. The van der Waals surface area contributed by atoms with E-state index in [1.165, 1.54) is 0 Å². The molecule has 3 rings (SSSR count). The fourth-order valence-electron chi connectivity index (χ4n) is 4.96. The van der Waals surface area contributed by atoms with Crippen molar-refractivity contribution in [3.05, 3.63) is 90.5 Å². The van der Waals surface area contributed by atoms with Crippen molar-refractivity contribution in [3.8, 4) is 0 Å². The van der Waals surface area contributed by atoms with Crippen LogP contribution in [-0.4, -0.2) is 48.1 Å². The van der Waals surface area contributed by atoms with Crippen LogP contribution in [0.1, 0.15) is 71.7 Å². The summed E-state index contributed by atoms with van der Waals surface area (Å²) in [5, 5.41) is 11.9. The van der Waals surface area contributed by atoms with Gasteiger partial charge in [-0.3, -0.25) is 14.4 Å². The molecule has 0 saturated carbocycles. The maximum Gasteiger partial charge on any atom is 0.252 e. The lowest BCUT2D eigenvalue weighted by Gasteiger charge is -2.32. The molecule has 3 aromatic rings. The van der Waals surface area contributed by atoms with Crippen molar-refractivity contribution in [2.45, 2.75) is 85.1 Å². The molecule has 3 amide bonds. The normalized spacial score (nSPS) is 13.7. The number of carbonyl (C=O) groups is 3. The van der Waals surface area contributed by atoms with Gasteiger partial charge >= 0.3 is 0 Å². The van der Waals surface area contributed by atoms with Gasteiger partial charge in [-0.1, -0.05) is 106 Å². The Morgan fingerprint density at radius 2 is 1.30 bits per heavy atom. The first-order valence-electron chi connectivity index (χ1n) is 15.5. The Bertz CT molecular complexity index is 1320. The van der Waals surface area contributed by atoms with Gasteiger partial charge in [0.25, 0.3) is 5.91 Å². The van der Waals surface area contributed by atoms with Crippen LogP contribution >= 0.6 is 7.92 Å². The van der Waals surface area contributed by atoms with Crippen LogP contribution in [0.2, 0.25) is 0 Å². The Morgan fingerprint density at radius 1 is 0.750 bits per heavy atom. The topological polar surface area (TPSA) is 96.5 Å². The number of benzene rings is 3. The Kier molecular flexibility index (Phi) is 13.1. The summed E-state index contributed by atoms with van der Waals surface area (Å²) in [7, 11) is -1.06. The monoisotopic (exact) mass is 617 g/mol. The molecule has 1 unspecified atom stereocenters. The van der Waals surface area contributed by atoms with Gasteiger partial charge in [-0.2, -0.15) is 0 Å². The van der Waals surface area contributed by atoms with Gasteiger partial charge in [0.05, 0.1) is 11.7 Å². The maximum atomic E-state index is 14.1. The smallest absolute Gasteiger partial charge is 0.252 e. The second kappa shape index (κ2) is 16.5. The Balaban J connectivity index is 1.97. The second-order valence-corrected chi connectivity index (χ2v) is 14.5. The van der Waals surface area contributed by atoms with Crippen LogP contribution in [0.3, 0.4) is 0 Å². The van der Waals surface area contributed by atoms with E-state index in [1.54, 1.807) is 13.0 Å². The van der Waals surface area contributed by atoms with Crippen LogP contribution in [-0.2, 0) is 14.3 Å². The second-order valence-electron chi connectivity index (χ2n) is 12.3. The molecule has 0 aliphatic carbocycles. The van der Waals surface area contributed by atoms with E-state index in [1.807, 2.05) is 89.2 Å². The molecule has 0 saturated heterocycles. The number of rotatable bonds is 14. The van der Waals surface area contributed by atoms with Gasteiger partial charge < -0.3 is 20.7 Å². The molecule has 0 aliphatic rings. The number of ether oxygens (including phenoxy) is 1. The molecule has 0 spiro atoms. The Morgan fingerprint density at radius 3 is 1.82 bits per heavy atom. The van der Waals surface area contributed by atoms with Crippen LogP contribution in [0.4, 0.5) is 0 Å². The van der Waals surface area contributed by atoms with Gasteiger partial charge in [0, 0.05) is 12.1 Å². The molecular weight excluding hydrogens is 569 g/mol. The van der Waals surface area contributed by atoms with Crippen molar-refractivity contribution in [2.75, 3.05) is 6.54 Å². The van der Waals surface area contributed by atoms with Gasteiger partial charge in [0.15, 0.2) is 0 Å². The number of hydrogen-bond donors (Lipinski definition) is 3. The molecule has 8 heteroatoms. The fraction of sp³-hybridized carbons (Fsp3) is 0.417. The fourth-order valence-corrected chi connectivity index (χ4v) is 7.41. The van der Waals surface area contributed by atoms with Crippen LogP contribution < -0.4 is 31.9 Å². The van der Waals surface area contributed by atoms with Crippen molar-refractivity contribution >= 4 is 41.6 Å². The largest absolute Gasteiger partial charge is 0.370 e. The summed E-state index contributed by atoms with van der Waals surface area (Å²) >= 11 is 0. The van der Waals surface area contributed by atoms with Crippen molar-refractivity contribution in [1.82, 2.24) is 16.0 Å². The molecule has 236 valence electrons. The molecule has 3 N–H and O–H groups in total. The highest BCUT2D eigenvalue weighted by Gasteiger charge is 2.35. The highest BCUT2D eigenvalue weighted by molar-refractivity contribution is 7.80. The SMILES string of the molecule is CCCCNC(=O)C(NC(=O)[C@@H](NC(=O)c1ccccc1P(c1ccccc1)c1ccccc1)[C@@H](C)OC(C)(C)C)C(C)C. The van der Waals surface area contributed by atoms with Gasteiger partial charge in [-0.15, -0.1) is 0 Å². The first-order chi connectivity index (χ1) is 20.9. The molecule has 3 atom stereocenters. The molecule has 7 nitrogen and oxygen atoms in total. The number of carbonyl (C=O) groups excluding carboxylic acids is 3. The quantitative estimate of drug-likeness (QED) is 0.179. The molecule has 0 aliphatic heterocycles. The highest BCUT2D eigenvalue weighted by Crippen LogP contribution is 2.34. The lowest BCUT2D eigenvalue weighted by Crippen LogP contribution is -2.59. The zero-order chi connectivity index (χ0) is 32.3. The third kappa shape index (κ3) is 10.0. The molecular formula is C36H48N3O4P. The number of hydrogen-bond acceptors (Lipinski definition) is 4. The van der Waals surface area contributed by atoms with Gasteiger partial charge in [-0.05, 0) is 69.9 Å². The number of nitrogens with one attached hydrogen (secondary N) is 3. The van der Waals surface area contributed by atoms with Crippen molar-refractivity contribution in [3.63, 3.8) is 0 Å². The molecule has 3 aromatic carbocycles. The summed E-state index contributed by atoms with van der Waals surface area (Å²) < 4.78 is 6.18. The molecule has 0 fully saturated rings. The van der Waals surface area contributed by atoms with E-state index in [0.29, 0.717) is 12.1 Å². The predicted octanol–water partition coefficient (Wildman–Crippen LogP) is 4.80. The molecule has 44 heavy (non-hydrogen) atoms. The first-order valence-corrected chi connectivity index (χ1v) is 16.8.